The van der Waals surface area contributed by atoms with Gasteiger partial charge < -0.3 is 10.1 Å². The standard InChI is InChI=1S/C24H19N3O2/c1-29-22-10-6-5-9-20(22)21-15-23(26-16-25-21)27-19-13-11-18(12-14-19)24(28)17-7-3-2-4-8-17/h2-16H,1H3,(H,25,26,27). The molecule has 29 heavy (non-hydrogen) atoms. The fraction of sp³-hybridized carbons (Fsp3) is 0.0417. The first-order chi connectivity index (χ1) is 14.2. The summed E-state index contributed by atoms with van der Waals surface area (Å²) in [5.74, 6) is 1.40. The van der Waals surface area contributed by atoms with Gasteiger partial charge in [-0.2, -0.15) is 0 Å². The molecule has 1 aromatic heterocycles. The summed E-state index contributed by atoms with van der Waals surface area (Å²) in [5, 5.41) is 3.25. The van der Waals surface area contributed by atoms with Crippen molar-refractivity contribution in [2.45, 2.75) is 0 Å². The summed E-state index contributed by atoms with van der Waals surface area (Å²) in [6.07, 6.45) is 1.51. The molecule has 0 aliphatic rings. The topological polar surface area (TPSA) is 64.1 Å². The lowest BCUT2D eigenvalue weighted by atomic mass is 10.0. The monoisotopic (exact) mass is 381 g/mol. The van der Waals surface area contributed by atoms with Gasteiger partial charge in [0, 0.05) is 28.4 Å². The Morgan fingerprint density at radius 1 is 0.828 bits per heavy atom. The smallest absolute Gasteiger partial charge is 0.193 e. The number of carbonyl (C=O) groups is 1. The highest BCUT2D eigenvalue weighted by molar-refractivity contribution is 6.09. The Labute approximate surface area is 169 Å². The zero-order valence-corrected chi connectivity index (χ0v) is 15.9. The van der Waals surface area contributed by atoms with Crippen molar-refractivity contribution in [1.29, 1.82) is 0 Å². The molecule has 0 saturated carbocycles. The summed E-state index contributed by atoms with van der Waals surface area (Å²) < 4.78 is 5.42. The highest BCUT2D eigenvalue weighted by Gasteiger charge is 2.10. The molecule has 4 aromatic rings. The van der Waals surface area contributed by atoms with Crippen LogP contribution in [0, 0.1) is 0 Å². The Morgan fingerprint density at radius 3 is 2.28 bits per heavy atom. The fourth-order valence-corrected chi connectivity index (χ4v) is 3.04. The van der Waals surface area contributed by atoms with Gasteiger partial charge in [0.1, 0.15) is 17.9 Å². The van der Waals surface area contributed by atoms with Crippen molar-refractivity contribution in [3.8, 4) is 17.0 Å². The molecule has 0 saturated heterocycles. The molecule has 0 bridgehead atoms. The third-order valence-electron chi connectivity index (χ3n) is 4.51. The van der Waals surface area contributed by atoms with E-state index in [1.165, 1.54) is 6.33 Å². The number of para-hydroxylation sites is 1. The zero-order valence-electron chi connectivity index (χ0n) is 15.9. The van der Waals surface area contributed by atoms with Gasteiger partial charge >= 0.3 is 0 Å². The maximum atomic E-state index is 12.5. The summed E-state index contributed by atoms with van der Waals surface area (Å²) in [6.45, 7) is 0. The van der Waals surface area contributed by atoms with Gasteiger partial charge in [-0.15, -0.1) is 0 Å². The lowest BCUT2D eigenvalue weighted by molar-refractivity contribution is 0.103. The second kappa shape index (κ2) is 8.35. The van der Waals surface area contributed by atoms with Gasteiger partial charge in [-0.3, -0.25) is 4.79 Å². The van der Waals surface area contributed by atoms with Gasteiger partial charge in [-0.25, -0.2) is 9.97 Å². The predicted molar refractivity (Wildman–Crippen MR) is 114 cm³/mol. The number of nitrogens with one attached hydrogen (secondary N) is 1. The molecule has 1 N–H and O–H groups in total. The van der Waals surface area contributed by atoms with E-state index in [1.54, 1.807) is 19.2 Å². The quantitative estimate of drug-likeness (QED) is 0.469. The van der Waals surface area contributed by atoms with Crippen LogP contribution in [0.4, 0.5) is 11.5 Å². The van der Waals surface area contributed by atoms with E-state index in [2.05, 4.69) is 15.3 Å². The van der Waals surface area contributed by atoms with Crippen LogP contribution < -0.4 is 10.1 Å². The number of rotatable bonds is 6. The van der Waals surface area contributed by atoms with Crippen molar-refractivity contribution in [3.63, 3.8) is 0 Å². The lowest BCUT2D eigenvalue weighted by Crippen LogP contribution is -2.01. The first kappa shape index (κ1) is 18.4. The molecule has 3 aromatic carbocycles. The number of nitrogens with zero attached hydrogens (tertiary/aromatic N) is 2. The predicted octanol–water partition coefficient (Wildman–Crippen LogP) is 5.13. The average Bonchev–Trinajstić information content (AvgIpc) is 2.80. The third-order valence-corrected chi connectivity index (χ3v) is 4.51. The van der Waals surface area contributed by atoms with Crippen LogP contribution in [0.1, 0.15) is 15.9 Å². The average molecular weight is 381 g/mol. The van der Waals surface area contributed by atoms with E-state index in [0.29, 0.717) is 16.9 Å². The molecular formula is C24H19N3O2. The first-order valence-corrected chi connectivity index (χ1v) is 9.17. The largest absolute Gasteiger partial charge is 0.496 e. The summed E-state index contributed by atoms with van der Waals surface area (Å²) >= 11 is 0. The van der Waals surface area contributed by atoms with Crippen LogP contribution >= 0.6 is 0 Å². The van der Waals surface area contributed by atoms with E-state index >= 15 is 0 Å². The number of methoxy groups -OCH3 is 1. The molecule has 0 unspecified atom stereocenters. The van der Waals surface area contributed by atoms with Crippen LogP contribution in [0.3, 0.4) is 0 Å². The Balaban J connectivity index is 1.53. The minimum absolute atomic E-state index is 0.00218. The molecule has 0 aliphatic carbocycles. The maximum Gasteiger partial charge on any atom is 0.193 e. The van der Waals surface area contributed by atoms with Crippen molar-refractivity contribution in [2.24, 2.45) is 0 Å². The first-order valence-electron chi connectivity index (χ1n) is 9.17. The Hall–Kier alpha value is -3.99. The zero-order chi connectivity index (χ0) is 20.1. The van der Waals surface area contributed by atoms with E-state index in [1.807, 2.05) is 72.8 Å². The number of ether oxygens (including phenoxy) is 1. The SMILES string of the molecule is COc1ccccc1-c1cc(Nc2ccc(C(=O)c3ccccc3)cc2)ncn1. The molecule has 5 heteroatoms. The Morgan fingerprint density at radius 2 is 1.52 bits per heavy atom. The minimum atomic E-state index is -0.00218. The van der Waals surface area contributed by atoms with Crippen LogP contribution in [0.2, 0.25) is 0 Å². The van der Waals surface area contributed by atoms with Crippen LogP contribution in [-0.2, 0) is 0 Å². The van der Waals surface area contributed by atoms with Crippen molar-refractivity contribution < 1.29 is 9.53 Å². The lowest BCUT2D eigenvalue weighted by Gasteiger charge is -2.10. The normalized spacial score (nSPS) is 10.4. The Kier molecular flexibility index (Phi) is 5.29. The van der Waals surface area contributed by atoms with Crippen LogP contribution in [0.5, 0.6) is 5.75 Å². The number of anilines is 2. The maximum absolute atomic E-state index is 12.5. The molecule has 0 atom stereocenters. The summed E-state index contributed by atoms with van der Waals surface area (Å²) in [5.41, 5.74) is 3.80. The molecule has 0 amide bonds. The van der Waals surface area contributed by atoms with Gasteiger partial charge in [0.2, 0.25) is 0 Å². The molecule has 4 rings (SSSR count). The van der Waals surface area contributed by atoms with E-state index in [-0.39, 0.29) is 5.78 Å². The molecule has 0 fully saturated rings. The van der Waals surface area contributed by atoms with Gasteiger partial charge in [0.15, 0.2) is 5.78 Å². The fourth-order valence-electron chi connectivity index (χ4n) is 3.04. The number of carbonyl (C=O) groups excluding carboxylic acids is 1. The number of hydrogen-bond donors (Lipinski definition) is 1. The third kappa shape index (κ3) is 4.14. The van der Waals surface area contributed by atoms with E-state index in [9.17, 15) is 4.79 Å². The number of ketones is 1. The van der Waals surface area contributed by atoms with Crippen LogP contribution in [-0.4, -0.2) is 22.9 Å². The molecule has 1 heterocycles. The highest BCUT2D eigenvalue weighted by Crippen LogP contribution is 2.29. The molecule has 142 valence electrons. The second-order valence-electron chi connectivity index (χ2n) is 6.39. The minimum Gasteiger partial charge on any atom is -0.496 e. The van der Waals surface area contributed by atoms with Crippen LogP contribution in [0.25, 0.3) is 11.3 Å². The van der Waals surface area contributed by atoms with Gasteiger partial charge in [-0.1, -0.05) is 42.5 Å². The van der Waals surface area contributed by atoms with Gasteiger partial charge in [-0.05, 0) is 36.4 Å². The van der Waals surface area contributed by atoms with Gasteiger partial charge in [0.25, 0.3) is 0 Å². The number of aromatic nitrogens is 2. The molecular weight excluding hydrogens is 362 g/mol. The van der Waals surface area contributed by atoms with Crippen molar-refractivity contribution in [1.82, 2.24) is 9.97 Å². The summed E-state index contributed by atoms with van der Waals surface area (Å²) in [4.78, 5) is 21.2. The van der Waals surface area contributed by atoms with E-state index in [0.717, 1.165) is 22.7 Å². The highest BCUT2D eigenvalue weighted by atomic mass is 16.5. The van der Waals surface area contributed by atoms with Crippen molar-refractivity contribution in [2.75, 3.05) is 12.4 Å². The summed E-state index contributed by atoms with van der Waals surface area (Å²) in [6, 6.07) is 26.1. The molecule has 0 radical (unpaired) electrons. The number of hydrogen-bond acceptors (Lipinski definition) is 5. The van der Waals surface area contributed by atoms with E-state index in [4.69, 9.17) is 4.74 Å². The van der Waals surface area contributed by atoms with Crippen LogP contribution in [0.15, 0.2) is 91.3 Å². The molecule has 0 aliphatic heterocycles. The second-order valence-corrected chi connectivity index (χ2v) is 6.39. The summed E-state index contributed by atoms with van der Waals surface area (Å²) in [7, 11) is 1.64. The molecule has 0 spiro atoms. The van der Waals surface area contributed by atoms with Crippen molar-refractivity contribution in [3.05, 3.63) is 102 Å². The molecule has 5 nitrogen and oxygen atoms in total. The Bertz CT molecular complexity index is 1130. The van der Waals surface area contributed by atoms with Gasteiger partial charge in [0.05, 0.1) is 12.8 Å². The number of benzene rings is 3. The van der Waals surface area contributed by atoms with Crippen molar-refractivity contribution >= 4 is 17.3 Å². The van der Waals surface area contributed by atoms with E-state index < -0.39 is 0 Å².